The minimum absolute atomic E-state index is 0.0408. The Hall–Kier alpha value is -3.80. The number of hydrogen-bond donors (Lipinski definition) is 1. The number of aryl methyl sites for hydroxylation is 3. The highest BCUT2D eigenvalue weighted by molar-refractivity contribution is 5.78. The van der Waals surface area contributed by atoms with Crippen LogP contribution in [0, 0.1) is 20.8 Å². The van der Waals surface area contributed by atoms with Crippen molar-refractivity contribution in [1.82, 2.24) is 14.9 Å². The van der Waals surface area contributed by atoms with E-state index in [-0.39, 0.29) is 12.5 Å². The minimum Gasteiger partial charge on any atom is -0.491 e. The lowest BCUT2D eigenvalue weighted by atomic mass is 10.1. The highest BCUT2D eigenvalue weighted by Gasteiger charge is 2.13. The maximum atomic E-state index is 12.5. The lowest BCUT2D eigenvalue weighted by Crippen LogP contribution is -2.30. The van der Waals surface area contributed by atoms with Crippen molar-refractivity contribution in [3.63, 3.8) is 0 Å². The van der Waals surface area contributed by atoms with E-state index in [1.54, 1.807) is 0 Å². The van der Waals surface area contributed by atoms with Crippen molar-refractivity contribution in [3.05, 3.63) is 89.2 Å². The van der Waals surface area contributed by atoms with Crippen LogP contribution in [0.15, 0.2) is 66.7 Å². The van der Waals surface area contributed by atoms with Crippen LogP contribution in [0.1, 0.15) is 22.5 Å². The van der Waals surface area contributed by atoms with Crippen molar-refractivity contribution in [2.45, 2.75) is 33.9 Å². The Morgan fingerprint density at radius 2 is 1.67 bits per heavy atom. The molecule has 0 bridgehead atoms. The fourth-order valence-electron chi connectivity index (χ4n) is 3.71. The molecule has 170 valence electrons. The monoisotopic (exact) mass is 443 g/mol. The molecule has 6 heteroatoms. The number of imidazole rings is 1. The molecule has 33 heavy (non-hydrogen) atoms. The third kappa shape index (κ3) is 5.52. The largest absolute Gasteiger partial charge is 0.491 e. The summed E-state index contributed by atoms with van der Waals surface area (Å²) in [4.78, 5) is 17.2. The summed E-state index contributed by atoms with van der Waals surface area (Å²) in [5, 5.41) is 2.93. The lowest BCUT2D eigenvalue weighted by molar-refractivity contribution is -0.123. The fourth-order valence-corrected chi connectivity index (χ4v) is 3.71. The van der Waals surface area contributed by atoms with E-state index in [1.807, 2.05) is 87.5 Å². The number of nitrogens with one attached hydrogen (secondary N) is 1. The molecule has 4 rings (SSSR count). The number of benzene rings is 3. The summed E-state index contributed by atoms with van der Waals surface area (Å²) in [5.41, 5.74) is 5.11. The molecule has 0 radical (unpaired) electrons. The Balaban J connectivity index is 1.40. The smallest absolute Gasteiger partial charge is 0.258 e. The first kappa shape index (κ1) is 22.4. The third-order valence-electron chi connectivity index (χ3n) is 5.55. The van der Waals surface area contributed by atoms with Crippen LogP contribution in [-0.2, 0) is 17.9 Å². The summed E-state index contributed by atoms with van der Waals surface area (Å²) in [6, 6.07) is 21.9. The zero-order chi connectivity index (χ0) is 23.2. The maximum absolute atomic E-state index is 12.5. The number of carbonyl (C=O) groups is 1. The first-order valence-electron chi connectivity index (χ1n) is 11.1. The van der Waals surface area contributed by atoms with Crippen molar-refractivity contribution >= 4 is 16.9 Å². The van der Waals surface area contributed by atoms with Crippen molar-refractivity contribution in [3.8, 4) is 11.5 Å². The SMILES string of the molecule is Cc1ccc(C)c(OCC(=O)NCc2nc3ccccc3n2CCOc2ccccc2C)c1. The van der Waals surface area contributed by atoms with Crippen LogP contribution in [0.3, 0.4) is 0 Å². The van der Waals surface area contributed by atoms with E-state index in [1.165, 1.54) is 0 Å². The quantitative estimate of drug-likeness (QED) is 0.406. The molecule has 0 aliphatic rings. The summed E-state index contributed by atoms with van der Waals surface area (Å²) in [7, 11) is 0. The second-order valence-corrected chi connectivity index (χ2v) is 8.12. The number of carbonyl (C=O) groups excluding carboxylic acids is 1. The molecular formula is C27H29N3O3. The summed E-state index contributed by atoms with van der Waals surface area (Å²) in [6.45, 7) is 7.40. The van der Waals surface area contributed by atoms with Gasteiger partial charge in [0.1, 0.15) is 23.9 Å². The van der Waals surface area contributed by atoms with Crippen LogP contribution in [0.5, 0.6) is 11.5 Å². The van der Waals surface area contributed by atoms with Gasteiger partial charge in [-0.05, 0) is 61.7 Å². The van der Waals surface area contributed by atoms with Crippen LogP contribution >= 0.6 is 0 Å². The molecule has 4 aromatic rings. The predicted octanol–water partition coefficient (Wildman–Crippen LogP) is 4.74. The number of ether oxygens (including phenoxy) is 2. The van der Waals surface area contributed by atoms with Crippen LogP contribution < -0.4 is 14.8 Å². The van der Waals surface area contributed by atoms with Gasteiger partial charge in [-0.15, -0.1) is 0 Å². The summed E-state index contributed by atoms with van der Waals surface area (Å²) in [6.07, 6.45) is 0. The fraction of sp³-hybridized carbons (Fsp3) is 0.259. The van der Waals surface area contributed by atoms with Gasteiger partial charge in [-0.1, -0.05) is 42.5 Å². The molecule has 1 heterocycles. The van der Waals surface area contributed by atoms with Crippen LogP contribution in [-0.4, -0.2) is 28.7 Å². The molecule has 0 atom stereocenters. The number of aromatic nitrogens is 2. The van der Waals surface area contributed by atoms with Crippen LogP contribution in [0.25, 0.3) is 11.0 Å². The Bertz CT molecular complexity index is 1260. The Labute approximate surface area is 194 Å². The Morgan fingerprint density at radius 1 is 0.909 bits per heavy atom. The molecule has 0 unspecified atom stereocenters. The van der Waals surface area contributed by atoms with Gasteiger partial charge in [0.25, 0.3) is 5.91 Å². The van der Waals surface area contributed by atoms with Crippen molar-refractivity contribution in [2.75, 3.05) is 13.2 Å². The third-order valence-corrected chi connectivity index (χ3v) is 5.55. The number of nitrogens with zero attached hydrogens (tertiary/aromatic N) is 2. The molecule has 0 fully saturated rings. The van der Waals surface area contributed by atoms with E-state index in [0.717, 1.165) is 45.0 Å². The second-order valence-electron chi connectivity index (χ2n) is 8.12. The highest BCUT2D eigenvalue weighted by Crippen LogP contribution is 2.20. The highest BCUT2D eigenvalue weighted by atomic mass is 16.5. The van der Waals surface area contributed by atoms with Gasteiger partial charge in [-0.2, -0.15) is 0 Å². The van der Waals surface area contributed by atoms with Crippen molar-refractivity contribution < 1.29 is 14.3 Å². The molecule has 6 nitrogen and oxygen atoms in total. The number of hydrogen-bond acceptors (Lipinski definition) is 4. The maximum Gasteiger partial charge on any atom is 0.258 e. The first-order chi connectivity index (χ1) is 16.0. The number of amides is 1. The van der Waals surface area contributed by atoms with Gasteiger partial charge in [-0.3, -0.25) is 4.79 Å². The van der Waals surface area contributed by atoms with Crippen LogP contribution in [0.2, 0.25) is 0 Å². The topological polar surface area (TPSA) is 65.4 Å². The average molecular weight is 444 g/mol. The van der Waals surface area contributed by atoms with Gasteiger partial charge in [0.2, 0.25) is 0 Å². The van der Waals surface area contributed by atoms with E-state index in [2.05, 4.69) is 9.88 Å². The predicted molar refractivity (Wildman–Crippen MR) is 130 cm³/mol. The van der Waals surface area contributed by atoms with E-state index >= 15 is 0 Å². The Kier molecular flexibility index (Phi) is 6.93. The molecule has 0 spiro atoms. The molecule has 0 aliphatic carbocycles. The van der Waals surface area contributed by atoms with Crippen molar-refractivity contribution in [1.29, 1.82) is 0 Å². The average Bonchev–Trinajstić information content (AvgIpc) is 3.17. The van der Waals surface area contributed by atoms with E-state index in [4.69, 9.17) is 14.5 Å². The molecule has 1 aromatic heterocycles. The molecular weight excluding hydrogens is 414 g/mol. The molecule has 0 aliphatic heterocycles. The van der Waals surface area contributed by atoms with Gasteiger partial charge in [0.05, 0.1) is 24.1 Å². The normalized spacial score (nSPS) is 10.9. The molecule has 1 amide bonds. The first-order valence-corrected chi connectivity index (χ1v) is 11.1. The molecule has 3 aromatic carbocycles. The zero-order valence-electron chi connectivity index (χ0n) is 19.3. The van der Waals surface area contributed by atoms with Gasteiger partial charge in [0.15, 0.2) is 6.61 Å². The molecule has 0 saturated heterocycles. The number of fused-ring (bicyclic) bond motifs is 1. The lowest BCUT2D eigenvalue weighted by Gasteiger charge is -2.13. The van der Waals surface area contributed by atoms with Gasteiger partial charge < -0.3 is 19.4 Å². The number of rotatable bonds is 9. The van der Waals surface area contributed by atoms with Crippen LogP contribution in [0.4, 0.5) is 0 Å². The van der Waals surface area contributed by atoms with E-state index in [0.29, 0.717) is 19.7 Å². The number of para-hydroxylation sites is 3. The summed E-state index contributed by atoms with van der Waals surface area (Å²) in [5.74, 6) is 2.20. The summed E-state index contributed by atoms with van der Waals surface area (Å²) >= 11 is 0. The van der Waals surface area contributed by atoms with Gasteiger partial charge >= 0.3 is 0 Å². The molecule has 0 saturated carbocycles. The summed E-state index contributed by atoms with van der Waals surface area (Å²) < 4.78 is 13.8. The zero-order valence-corrected chi connectivity index (χ0v) is 19.3. The van der Waals surface area contributed by atoms with E-state index < -0.39 is 0 Å². The second kappa shape index (κ2) is 10.2. The minimum atomic E-state index is -0.189. The van der Waals surface area contributed by atoms with E-state index in [9.17, 15) is 4.79 Å². The standard InChI is InChI=1S/C27H29N3O3/c1-19-12-13-21(3)25(16-19)33-18-27(31)28-17-26-29-22-9-5-6-10-23(22)30(26)14-15-32-24-11-7-4-8-20(24)2/h4-13,16H,14-15,17-18H2,1-3H3,(H,28,31). The van der Waals surface area contributed by atoms with Crippen molar-refractivity contribution in [2.24, 2.45) is 0 Å². The molecule has 1 N–H and O–H groups in total. The van der Waals surface area contributed by atoms with Gasteiger partial charge in [0, 0.05) is 0 Å². The van der Waals surface area contributed by atoms with Gasteiger partial charge in [-0.25, -0.2) is 4.98 Å². The Morgan fingerprint density at radius 3 is 2.52 bits per heavy atom.